The number of carboxylic acid groups (broad SMARTS) is 1. The molecular formula is C7H6N2O2S. The van der Waals surface area contributed by atoms with E-state index < -0.39 is 5.97 Å². The van der Waals surface area contributed by atoms with Gasteiger partial charge in [0.1, 0.15) is 0 Å². The highest BCUT2D eigenvalue weighted by Crippen LogP contribution is 2.16. The van der Waals surface area contributed by atoms with Crippen LogP contribution in [0.5, 0.6) is 0 Å². The number of aliphatic carboxylic acids is 1. The van der Waals surface area contributed by atoms with E-state index >= 15 is 0 Å². The molecule has 0 saturated carbocycles. The molecule has 0 amide bonds. The molecule has 0 atom stereocenters. The Hall–Kier alpha value is -1.36. The number of carboxylic acids is 1. The van der Waals surface area contributed by atoms with Crippen LogP contribution in [-0.2, 0) is 11.2 Å². The van der Waals surface area contributed by atoms with Crippen molar-refractivity contribution >= 4 is 22.3 Å². The molecule has 0 saturated heterocycles. The molecule has 0 fully saturated rings. The van der Waals surface area contributed by atoms with Crippen LogP contribution in [0.2, 0.25) is 0 Å². The quantitative estimate of drug-likeness (QED) is 0.754. The van der Waals surface area contributed by atoms with E-state index in [-0.39, 0.29) is 6.42 Å². The summed E-state index contributed by atoms with van der Waals surface area (Å²) in [6.45, 7) is 0. The number of imidazole rings is 1. The van der Waals surface area contributed by atoms with Crippen LogP contribution in [-0.4, -0.2) is 20.5 Å². The molecule has 0 aromatic carbocycles. The highest BCUT2D eigenvalue weighted by Gasteiger charge is 2.05. The first kappa shape index (κ1) is 7.30. The fourth-order valence-electron chi connectivity index (χ4n) is 1.01. The van der Waals surface area contributed by atoms with E-state index in [1.807, 2.05) is 4.40 Å². The van der Waals surface area contributed by atoms with Crippen molar-refractivity contribution in [1.29, 1.82) is 0 Å². The van der Waals surface area contributed by atoms with E-state index in [2.05, 4.69) is 4.98 Å². The van der Waals surface area contributed by atoms with E-state index in [0.717, 1.165) is 9.84 Å². The van der Waals surface area contributed by atoms with E-state index in [0.29, 0.717) is 0 Å². The Bertz CT molecular complexity index is 389. The summed E-state index contributed by atoms with van der Waals surface area (Å²) in [5.41, 5.74) is 0. The number of carbonyl (C=O) groups is 1. The summed E-state index contributed by atoms with van der Waals surface area (Å²) in [7, 11) is 0. The third kappa shape index (κ3) is 1.18. The van der Waals surface area contributed by atoms with Crippen molar-refractivity contribution < 1.29 is 9.90 Å². The van der Waals surface area contributed by atoms with Gasteiger partial charge in [0.05, 0.1) is 6.42 Å². The zero-order chi connectivity index (χ0) is 8.55. The molecule has 5 heteroatoms. The molecule has 0 aliphatic carbocycles. The van der Waals surface area contributed by atoms with Gasteiger partial charge in [-0.3, -0.25) is 9.20 Å². The first-order chi connectivity index (χ1) is 5.75. The minimum absolute atomic E-state index is 0.0774. The molecule has 2 heterocycles. The lowest BCUT2D eigenvalue weighted by molar-refractivity contribution is -0.136. The van der Waals surface area contributed by atoms with Crippen LogP contribution in [0.1, 0.15) is 4.88 Å². The number of hydrogen-bond acceptors (Lipinski definition) is 3. The van der Waals surface area contributed by atoms with E-state index in [1.165, 1.54) is 11.3 Å². The highest BCUT2D eigenvalue weighted by atomic mass is 32.1. The molecular weight excluding hydrogens is 176 g/mol. The predicted molar refractivity (Wildman–Crippen MR) is 44.4 cm³/mol. The molecule has 12 heavy (non-hydrogen) atoms. The van der Waals surface area contributed by atoms with Gasteiger partial charge in [-0.1, -0.05) is 0 Å². The number of nitrogens with zero attached hydrogens (tertiary/aromatic N) is 2. The Morgan fingerprint density at radius 2 is 2.58 bits per heavy atom. The van der Waals surface area contributed by atoms with Gasteiger partial charge in [-0.15, -0.1) is 11.3 Å². The van der Waals surface area contributed by atoms with Gasteiger partial charge in [0, 0.05) is 23.5 Å². The van der Waals surface area contributed by atoms with Gasteiger partial charge in [0.25, 0.3) is 0 Å². The smallest absolute Gasteiger partial charge is 0.308 e. The van der Waals surface area contributed by atoms with Crippen molar-refractivity contribution in [2.75, 3.05) is 0 Å². The lowest BCUT2D eigenvalue weighted by atomic mass is 10.4. The SMILES string of the molecule is O=C(O)Cc1cn2ccnc2s1. The van der Waals surface area contributed by atoms with Crippen LogP contribution in [0.15, 0.2) is 18.6 Å². The lowest BCUT2D eigenvalue weighted by Crippen LogP contribution is -1.97. The summed E-state index contributed by atoms with van der Waals surface area (Å²) in [5, 5.41) is 8.51. The van der Waals surface area contributed by atoms with Crippen molar-refractivity contribution in [3.05, 3.63) is 23.5 Å². The monoisotopic (exact) mass is 182 g/mol. The molecule has 0 aliphatic rings. The number of hydrogen-bond donors (Lipinski definition) is 1. The third-order valence-corrected chi connectivity index (χ3v) is 2.47. The molecule has 0 radical (unpaired) electrons. The van der Waals surface area contributed by atoms with Crippen LogP contribution >= 0.6 is 11.3 Å². The maximum absolute atomic E-state index is 10.3. The van der Waals surface area contributed by atoms with Crippen LogP contribution in [0.25, 0.3) is 4.96 Å². The van der Waals surface area contributed by atoms with Gasteiger partial charge in [-0.05, 0) is 0 Å². The average molecular weight is 182 g/mol. The van der Waals surface area contributed by atoms with Crippen LogP contribution in [0, 0.1) is 0 Å². The van der Waals surface area contributed by atoms with Gasteiger partial charge in [0.2, 0.25) is 0 Å². The van der Waals surface area contributed by atoms with Crippen LogP contribution < -0.4 is 0 Å². The summed E-state index contributed by atoms with van der Waals surface area (Å²) >= 11 is 1.40. The zero-order valence-corrected chi connectivity index (χ0v) is 6.91. The molecule has 0 unspecified atom stereocenters. The van der Waals surface area contributed by atoms with Crippen LogP contribution in [0.3, 0.4) is 0 Å². The minimum Gasteiger partial charge on any atom is -0.481 e. The Labute approximate surface area is 72.1 Å². The topological polar surface area (TPSA) is 54.6 Å². The van der Waals surface area contributed by atoms with Gasteiger partial charge >= 0.3 is 5.97 Å². The van der Waals surface area contributed by atoms with Crippen molar-refractivity contribution in [1.82, 2.24) is 9.38 Å². The number of aromatic nitrogens is 2. The van der Waals surface area contributed by atoms with E-state index in [1.54, 1.807) is 18.6 Å². The van der Waals surface area contributed by atoms with E-state index in [4.69, 9.17) is 5.11 Å². The van der Waals surface area contributed by atoms with E-state index in [9.17, 15) is 4.79 Å². The summed E-state index contributed by atoms with van der Waals surface area (Å²) in [5.74, 6) is -0.806. The second kappa shape index (κ2) is 2.60. The van der Waals surface area contributed by atoms with Gasteiger partial charge in [-0.2, -0.15) is 0 Å². The van der Waals surface area contributed by atoms with Crippen molar-refractivity contribution in [2.45, 2.75) is 6.42 Å². The normalized spacial score (nSPS) is 10.7. The number of thiazole rings is 1. The fourth-order valence-corrected chi connectivity index (χ4v) is 1.94. The maximum atomic E-state index is 10.3. The second-order valence-corrected chi connectivity index (χ2v) is 3.48. The van der Waals surface area contributed by atoms with Gasteiger partial charge in [0.15, 0.2) is 4.96 Å². The number of rotatable bonds is 2. The first-order valence-corrected chi connectivity index (χ1v) is 4.20. The summed E-state index contributed by atoms with van der Waals surface area (Å²) in [6, 6.07) is 0. The lowest BCUT2D eigenvalue weighted by Gasteiger charge is -1.85. The fraction of sp³-hybridized carbons (Fsp3) is 0.143. The van der Waals surface area contributed by atoms with Crippen molar-refractivity contribution in [3.8, 4) is 0 Å². The zero-order valence-electron chi connectivity index (χ0n) is 6.10. The van der Waals surface area contributed by atoms with Crippen molar-refractivity contribution in [2.24, 2.45) is 0 Å². The standard InChI is InChI=1S/C7H6N2O2S/c10-6(11)3-5-4-9-2-1-8-7(9)12-5/h1-2,4H,3H2,(H,10,11). The largest absolute Gasteiger partial charge is 0.481 e. The molecule has 0 aliphatic heterocycles. The predicted octanol–water partition coefficient (Wildman–Crippen LogP) is 1.02. The maximum Gasteiger partial charge on any atom is 0.308 e. The molecule has 2 rings (SSSR count). The number of fused-ring (bicyclic) bond motifs is 1. The summed E-state index contributed by atoms with van der Waals surface area (Å²) in [4.78, 5) is 16.0. The molecule has 2 aromatic rings. The average Bonchev–Trinajstić information content (AvgIpc) is 2.43. The second-order valence-electron chi connectivity index (χ2n) is 2.39. The molecule has 0 bridgehead atoms. The van der Waals surface area contributed by atoms with Crippen LogP contribution in [0.4, 0.5) is 0 Å². The minimum atomic E-state index is -0.806. The molecule has 62 valence electrons. The third-order valence-electron chi connectivity index (χ3n) is 1.46. The molecule has 1 N–H and O–H groups in total. The summed E-state index contributed by atoms with van der Waals surface area (Å²) in [6.07, 6.45) is 5.36. The Morgan fingerprint density at radius 3 is 3.25 bits per heavy atom. The van der Waals surface area contributed by atoms with Gasteiger partial charge < -0.3 is 5.11 Å². The first-order valence-electron chi connectivity index (χ1n) is 3.39. The summed E-state index contributed by atoms with van der Waals surface area (Å²) < 4.78 is 1.82. The Kier molecular flexibility index (Phi) is 1.58. The Balaban J connectivity index is 2.38. The van der Waals surface area contributed by atoms with Crippen molar-refractivity contribution in [3.63, 3.8) is 0 Å². The molecule has 2 aromatic heterocycles. The molecule has 0 spiro atoms. The molecule has 4 nitrogen and oxygen atoms in total. The highest BCUT2D eigenvalue weighted by molar-refractivity contribution is 7.17. The van der Waals surface area contributed by atoms with Gasteiger partial charge in [-0.25, -0.2) is 4.98 Å². The Morgan fingerprint density at radius 1 is 1.75 bits per heavy atom.